The standard InChI is InChI=1S/C13H20O2Si/c1-4-5-10-16(2,3)15-13-8-6-12(11-14)7-9-13/h6-9,11H,4-5,10H2,1-3H3. The zero-order valence-corrected chi connectivity index (χ0v) is 11.3. The predicted octanol–water partition coefficient (Wildman–Crippen LogP) is 3.88. The van der Waals surface area contributed by atoms with E-state index in [1.807, 2.05) is 12.1 Å². The van der Waals surface area contributed by atoms with Gasteiger partial charge in [-0.15, -0.1) is 0 Å². The summed E-state index contributed by atoms with van der Waals surface area (Å²) < 4.78 is 6.03. The maximum atomic E-state index is 10.5. The number of carbonyl (C=O) groups excluding carboxylic acids is 1. The molecule has 1 aromatic rings. The Bertz CT molecular complexity index is 330. The fraction of sp³-hybridized carbons (Fsp3) is 0.462. The first kappa shape index (κ1) is 13.0. The predicted molar refractivity (Wildman–Crippen MR) is 69.7 cm³/mol. The summed E-state index contributed by atoms with van der Waals surface area (Å²) in [5.41, 5.74) is 0.695. The molecule has 0 radical (unpaired) electrons. The largest absolute Gasteiger partial charge is 0.544 e. The van der Waals surface area contributed by atoms with Gasteiger partial charge in [-0.1, -0.05) is 19.8 Å². The third-order valence-corrected chi connectivity index (χ3v) is 4.89. The second kappa shape index (κ2) is 5.85. The van der Waals surface area contributed by atoms with Crippen LogP contribution in [-0.4, -0.2) is 14.6 Å². The highest BCUT2D eigenvalue weighted by atomic mass is 28.4. The summed E-state index contributed by atoms with van der Waals surface area (Å²) in [6.07, 6.45) is 3.29. The molecule has 3 heteroatoms. The zero-order valence-electron chi connectivity index (χ0n) is 10.3. The average molecular weight is 236 g/mol. The lowest BCUT2D eigenvalue weighted by Crippen LogP contribution is -2.33. The SMILES string of the molecule is CCCC[Si](C)(C)Oc1ccc(C=O)cc1. The van der Waals surface area contributed by atoms with Gasteiger partial charge in [-0.25, -0.2) is 0 Å². The Morgan fingerprint density at radius 2 is 1.88 bits per heavy atom. The number of unbranched alkanes of at least 4 members (excludes halogenated alkanes) is 1. The van der Waals surface area contributed by atoms with E-state index in [4.69, 9.17) is 4.43 Å². The van der Waals surface area contributed by atoms with Crippen LogP contribution in [0.25, 0.3) is 0 Å². The molecule has 0 aliphatic heterocycles. The van der Waals surface area contributed by atoms with Gasteiger partial charge in [0.15, 0.2) is 0 Å². The van der Waals surface area contributed by atoms with Crippen LogP contribution in [0.3, 0.4) is 0 Å². The molecule has 0 heterocycles. The van der Waals surface area contributed by atoms with Gasteiger partial charge in [0, 0.05) is 5.56 Å². The van der Waals surface area contributed by atoms with Crippen LogP contribution in [0.2, 0.25) is 19.1 Å². The fourth-order valence-electron chi connectivity index (χ4n) is 1.59. The number of benzene rings is 1. The van der Waals surface area contributed by atoms with Gasteiger partial charge in [-0.2, -0.15) is 0 Å². The summed E-state index contributed by atoms with van der Waals surface area (Å²) in [5.74, 6) is 0.887. The van der Waals surface area contributed by atoms with E-state index in [1.54, 1.807) is 12.1 Å². The molecular weight excluding hydrogens is 216 g/mol. The number of hydrogen-bond acceptors (Lipinski definition) is 2. The number of hydrogen-bond donors (Lipinski definition) is 0. The topological polar surface area (TPSA) is 26.3 Å². The minimum Gasteiger partial charge on any atom is -0.544 e. The molecule has 1 rings (SSSR count). The van der Waals surface area contributed by atoms with Crippen LogP contribution in [0.4, 0.5) is 0 Å². The van der Waals surface area contributed by atoms with Crippen molar-refractivity contribution in [1.29, 1.82) is 0 Å². The Balaban J connectivity index is 2.60. The van der Waals surface area contributed by atoms with Crippen molar-refractivity contribution in [2.24, 2.45) is 0 Å². The van der Waals surface area contributed by atoms with Crippen molar-refractivity contribution in [2.75, 3.05) is 0 Å². The van der Waals surface area contributed by atoms with E-state index in [0.29, 0.717) is 5.56 Å². The molecule has 2 nitrogen and oxygen atoms in total. The summed E-state index contributed by atoms with van der Waals surface area (Å²) in [7, 11) is -1.58. The Morgan fingerprint density at radius 3 is 2.38 bits per heavy atom. The van der Waals surface area contributed by atoms with E-state index in [-0.39, 0.29) is 0 Å². The average Bonchev–Trinajstić information content (AvgIpc) is 2.27. The molecular formula is C13H20O2Si. The number of carbonyl (C=O) groups is 1. The molecule has 0 unspecified atom stereocenters. The first-order valence-electron chi connectivity index (χ1n) is 5.81. The lowest BCUT2D eigenvalue weighted by atomic mass is 10.2. The monoisotopic (exact) mass is 236 g/mol. The van der Waals surface area contributed by atoms with Crippen LogP contribution in [0.5, 0.6) is 5.75 Å². The maximum absolute atomic E-state index is 10.5. The molecule has 0 saturated carbocycles. The van der Waals surface area contributed by atoms with Crippen molar-refractivity contribution in [3.8, 4) is 5.75 Å². The molecule has 16 heavy (non-hydrogen) atoms. The van der Waals surface area contributed by atoms with E-state index in [9.17, 15) is 4.79 Å². The summed E-state index contributed by atoms with van der Waals surface area (Å²) in [6, 6.07) is 8.53. The van der Waals surface area contributed by atoms with E-state index in [2.05, 4.69) is 20.0 Å². The van der Waals surface area contributed by atoms with Gasteiger partial charge in [-0.3, -0.25) is 4.79 Å². The summed E-state index contributed by atoms with van der Waals surface area (Å²) in [6.45, 7) is 6.66. The minimum atomic E-state index is -1.58. The van der Waals surface area contributed by atoms with Crippen molar-refractivity contribution in [1.82, 2.24) is 0 Å². The molecule has 0 amide bonds. The smallest absolute Gasteiger partial charge is 0.245 e. The second-order valence-corrected chi connectivity index (χ2v) is 8.88. The third-order valence-electron chi connectivity index (χ3n) is 2.54. The van der Waals surface area contributed by atoms with Crippen molar-refractivity contribution in [2.45, 2.75) is 38.9 Å². The molecule has 0 spiro atoms. The molecule has 88 valence electrons. The van der Waals surface area contributed by atoms with Gasteiger partial charge >= 0.3 is 0 Å². The van der Waals surface area contributed by atoms with Gasteiger partial charge in [0.1, 0.15) is 12.0 Å². The Hall–Kier alpha value is -1.09. The first-order valence-corrected chi connectivity index (χ1v) is 8.93. The van der Waals surface area contributed by atoms with Gasteiger partial charge in [0.25, 0.3) is 0 Å². The van der Waals surface area contributed by atoms with E-state index in [0.717, 1.165) is 12.0 Å². The Morgan fingerprint density at radius 1 is 1.25 bits per heavy atom. The van der Waals surface area contributed by atoms with Crippen LogP contribution in [-0.2, 0) is 0 Å². The van der Waals surface area contributed by atoms with Crippen LogP contribution in [0.1, 0.15) is 30.1 Å². The summed E-state index contributed by atoms with van der Waals surface area (Å²) >= 11 is 0. The normalized spacial score (nSPS) is 11.2. The molecule has 0 aromatic heterocycles. The molecule has 0 bridgehead atoms. The molecule has 0 atom stereocenters. The van der Waals surface area contributed by atoms with Gasteiger partial charge < -0.3 is 4.43 Å². The van der Waals surface area contributed by atoms with Crippen LogP contribution in [0.15, 0.2) is 24.3 Å². The van der Waals surface area contributed by atoms with Crippen LogP contribution in [0, 0.1) is 0 Å². The molecule has 0 aliphatic rings. The van der Waals surface area contributed by atoms with Crippen molar-refractivity contribution in [3.63, 3.8) is 0 Å². The molecule has 0 saturated heterocycles. The number of rotatable bonds is 6. The zero-order chi connectivity index (χ0) is 12.0. The molecule has 0 N–H and O–H groups in total. The molecule has 0 fully saturated rings. The quantitative estimate of drug-likeness (QED) is 0.553. The molecule has 1 aromatic carbocycles. The van der Waals surface area contributed by atoms with Crippen LogP contribution < -0.4 is 4.43 Å². The first-order chi connectivity index (χ1) is 7.57. The lowest BCUT2D eigenvalue weighted by Gasteiger charge is -2.24. The fourth-order valence-corrected chi connectivity index (χ4v) is 3.67. The van der Waals surface area contributed by atoms with Gasteiger partial charge in [0.2, 0.25) is 8.32 Å². The third kappa shape index (κ3) is 4.19. The highest BCUT2D eigenvalue weighted by Gasteiger charge is 2.23. The lowest BCUT2D eigenvalue weighted by molar-refractivity contribution is 0.112. The van der Waals surface area contributed by atoms with E-state index >= 15 is 0 Å². The van der Waals surface area contributed by atoms with Gasteiger partial charge in [-0.05, 0) is 43.4 Å². The number of aldehydes is 1. The van der Waals surface area contributed by atoms with Crippen LogP contribution >= 0.6 is 0 Å². The maximum Gasteiger partial charge on any atom is 0.245 e. The van der Waals surface area contributed by atoms with Crippen molar-refractivity contribution in [3.05, 3.63) is 29.8 Å². The summed E-state index contributed by atoms with van der Waals surface area (Å²) in [4.78, 5) is 10.5. The van der Waals surface area contributed by atoms with Crippen molar-refractivity contribution < 1.29 is 9.22 Å². The minimum absolute atomic E-state index is 0.695. The highest BCUT2D eigenvalue weighted by Crippen LogP contribution is 2.20. The summed E-state index contributed by atoms with van der Waals surface area (Å²) in [5, 5.41) is 0. The van der Waals surface area contributed by atoms with Gasteiger partial charge in [0.05, 0.1) is 0 Å². The Kier molecular flexibility index (Phi) is 4.74. The molecule has 0 aliphatic carbocycles. The second-order valence-electron chi connectivity index (χ2n) is 4.65. The Labute approximate surface area is 98.8 Å². The highest BCUT2D eigenvalue weighted by molar-refractivity contribution is 6.71. The van der Waals surface area contributed by atoms with E-state index in [1.165, 1.54) is 18.9 Å². The van der Waals surface area contributed by atoms with E-state index < -0.39 is 8.32 Å². The van der Waals surface area contributed by atoms with Crippen molar-refractivity contribution >= 4 is 14.6 Å².